The number of halogens is 1. The van der Waals surface area contributed by atoms with Gasteiger partial charge in [-0.3, -0.25) is 0 Å². The molecule has 1 aromatic heterocycles. The van der Waals surface area contributed by atoms with Gasteiger partial charge in [-0.15, -0.1) is 11.3 Å². The van der Waals surface area contributed by atoms with Crippen LogP contribution in [0, 0.1) is 0 Å². The zero-order valence-corrected chi connectivity index (χ0v) is 15.6. The second-order valence-electron chi connectivity index (χ2n) is 5.17. The highest BCUT2D eigenvalue weighted by molar-refractivity contribution is 9.10. The van der Waals surface area contributed by atoms with Gasteiger partial charge < -0.3 is 14.8 Å². The summed E-state index contributed by atoms with van der Waals surface area (Å²) in [7, 11) is 0. The molecule has 0 saturated carbocycles. The third-order valence-corrected chi connectivity index (χ3v) is 4.58. The Hall–Kier alpha value is -1.04. The monoisotopic (exact) mass is 383 g/mol. The fourth-order valence-electron chi connectivity index (χ4n) is 2.06. The van der Waals surface area contributed by atoms with Gasteiger partial charge in [0, 0.05) is 22.4 Å². The zero-order chi connectivity index (χ0) is 15.9. The molecule has 0 saturated heterocycles. The minimum Gasteiger partial charge on any atom is -0.490 e. The van der Waals surface area contributed by atoms with Crippen molar-refractivity contribution in [1.82, 2.24) is 5.32 Å². The first-order valence-electron chi connectivity index (χ1n) is 7.45. The molecule has 2 aromatic rings. The van der Waals surface area contributed by atoms with Gasteiger partial charge >= 0.3 is 0 Å². The Labute approximate surface area is 144 Å². The number of thiophene rings is 1. The average Bonchev–Trinajstić information content (AvgIpc) is 2.96. The van der Waals surface area contributed by atoms with E-state index in [0.717, 1.165) is 34.6 Å². The summed E-state index contributed by atoms with van der Waals surface area (Å²) in [4.78, 5) is 1.33. The number of benzene rings is 1. The van der Waals surface area contributed by atoms with Crippen LogP contribution in [-0.2, 0) is 13.1 Å². The first-order chi connectivity index (χ1) is 10.6. The predicted molar refractivity (Wildman–Crippen MR) is 95.9 cm³/mol. The van der Waals surface area contributed by atoms with Crippen LogP contribution in [0.4, 0.5) is 0 Å². The molecule has 22 heavy (non-hydrogen) atoms. The molecule has 0 atom stereocenters. The van der Waals surface area contributed by atoms with Gasteiger partial charge in [-0.05, 0) is 49.9 Å². The van der Waals surface area contributed by atoms with Crippen LogP contribution < -0.4 is 14.8 Å². The molecule has 1 aromatic carbocycles. The molecule has 0 radical (unpaired) electrons. The first-order valence-corrected chi connectivity index (χ1v) is 9.12. The van der Waals surface area contributed by atoms with E-state index in [9.17, 15) is 0 Å². The quantitative estimate of drug-likeness (QED) is 0.696. The topological polar surface area (TPSA) is 30.5 Å². The number of nitrogens with one attached hydrogen (secondary N) is 1. The van der Waals surface area contributed by atoms with Gasteiger partial charge in [-0.2, -0.15) is 0 Å². The normalized spacial score (nSPS) is 11.0. The van der Waals surface area contributed by atoms with Crippen molar-refractivity contribution in [2.45, 2.75) is 40.0 Å². The molecule has 0 aliphatic carbocycles. The molecule has 5 heteroatoms. The van der Waals surface area contributed by atoms with Crippen LogP contribution in [0.5, 0.6) is 11.5 Å². The first kappa shape index (κ1) is 17.3. The molecule has 0 unspecified atom stereocenters. The Morgan fingerprint density at radius 2 is 2.05 bits per heavy atom. The van der Waals surface area contributed by atoms with E-state index in [4.69, 9.17) is 9.47 Å². The molecule has 0 amide bonds. The highest BCUT2D eigenvalue weighted by Gasteiger charge is 2.12. The summed E-state index contributed by atoms with van der Waals surface area (Å²) >= 11 is 5.39. The maximum atomic E-state index is 5.82. The van der Waals surface area contributed by atoms with Crippen LogP contribution in [0.25, 0.3) is 0 Å². The summed E-state index contributed by atoms with van der Waals surface area (Å²) in [5, 5.41) is 5.55. The third-order valence-electron chi connectivity index (χ3n) is 2.97. The molecular weight excluding hydrogens is 362 g/mol. The largest absolute Gasteiger partial charge is 0.490 e. The van der Waals surface area contributed by atoms with Crippen LogP contribution >= 0.6 is 27.3 Å². The predicted octanol–water partition coefficient (Wildman–Crippen LogP) is 4.99. The Bertz CT molecular complexity index is 585. The maximum Gasteiger partial charge on any atom is 0.162 e. The zero-order valence-electron chi connectivity index (χ0n) is 13.2. The van der Waals surface area contributed by atoms with Gasteiger partial charge in [0.15, 0.2) is 11.5 Å². The summed E-state index contributed by atoms with van der Waals surface area (Å²) < 4.78 is 12.6. The van der Waals surface area contributed by atoms with Gasteiger partial charge in [0.2, 0.25) is 0 Å². The van der Waals surface area contributed by atoms with Crippen molar-refractivity contribution in [2.75, 3.05) is 6.61 Å². The minimum atomic E-state index is 0.119. The number of hydrogen-bond acceptors (Lipinski definition) is 4. The molecule has 3 nitrogen and oxygen atoms in total. The number of ether oxygens (including phenoxy) is 2. The van der Waals surface area contributed by atoms with Gasteiger partial charge in [-0.25, -0.2) is 0 Å². The molecule has 0 aliphatic heterocycles. The lowest BCUT2D eigenvalue weighted by molar-refractivity contribution is 0.223. The van der Waals surface area contributed by atoms with Crippen molar-refractivity contribution in [3.05, 3.63) is 44.6 Å². The Kier molecular flexibility index (Phi) is 6.73. The van der Waals surface area contributed by atoms with E-state index in [-0.39, 0.29) is 6.10 Å². The molecule has 0 fully saturated rings. The smallest absolute Gasteiger partial charge is 0.162 e. The molecule has 120 valence electrons. The Morgan fingerprint density at radius 1 is 1.23 bits per heavy atom. The standard InChI is InChI=1S/C17H22BrNO2S/c1-4-20-16-8-13(10-19-11-14-6-5-7-22-14)15(18)9-17(16)21-12(2)3/h5-9,12,19H,4,10-11H2,1-3H3. The van der Waals surface area contributed by atoms with Crippen molar-refractivity contribution in [3.63, 3.8) is 0 Å². The van der Waals surface area contributed by atoms with Crippen molar-refractivity contribution in [2.24, 2.45) is 0 Å². The van der Waals surface area contributed by atoms with Crippen LogP contribution in [0.2, 0.25) is 0 Å². The lowest BCUT2D eigenvalue weighted by atomic mass is 10.2. The maximum absolute atomic E-state index is 5.82. The van der Waals surface area contributed by atoms with Gasteiger partial charge in [0.25, 0.3) is 0 Å². The second kappa shape index (κ2) is 8.56. The minimum absolute atomic E-state index is 0.119. The van der Waals surface area contributed by atoms with E-state index in [1.807, 2.05) is 32.9 Å². The molecule has 1 heterocycles. The highest BCUT2D eigenvalue weighted by Crippen LogP contribution is 2.34. The second-order valence-corrected chi connectivity index (χ2v) is 7.06. The van der Waals surface area contributed by atoms with E-state index in [0.29, 0.717) is 6.61 Å². The van der Waals surface area contributed by atoms with Crippen molar-refractivity contribution in [3.8, 4) is 11.5 Å². The molecule has 0 aliphatic rings. The van der Waals surface area contributed by atoms with Crippen LogP contribution in [0.15, 0.2) is 34.1 Å². The van der Waals surface area contributed by atoms with Crippen molar-refractivity contribution in [1.29, 1.82) is 0 Å². The third kappa shape index (κ3) is 5.00. The van der Waals surface area contributed by atoms with E-state index in [1.54, 1.807) is 11.3 Å². The lowest BCUT2D eigenvalue weighted by Crippen LogP contribution is -2.13. The summed E-state index contributed by atoms with van der Waals surface area (Å²) in [6, 6.07) is 8.25. The lowest BCUT2D eigenvalue weighted by Gasteiger charge is -2.17. The van der Waals surface area contributed by atoms with E-state index >= 15 is 0 Å². The van der Waals surface area contributed by atoms with E-state index in [1.165, 1.54) is 4.88 Å². The molecular formula is C17H22BrNO2S. The summed E-state index contributed by atoms with van der Waals surface area (Å²) in [5.41, 5.74) is 1.16. The Balaban J connectivity index is 2.08. The summed E-state index contributed by atoms with van der Waals surface area (Å²) in [5.74, 6) is 1.58. The fraction of sp³-hybridized carbons (Fsp3) is 0.412. The molecule has 2 rings (SSSR count). The van der Waals surface area contributed by atoms with E-state index in [2.05, 4.69) is 38.8 Å². The van der Waals surface area contributed by atoms with Crippen LogP contribution in [0.3, 0.4) is 0 Å². The average molecular weight is 384 g/mol. The van der Waals surface area contributed by atoms with Crippen molar-refractivity contribution < 1.29 is 9.47 Å². The summed E-state index contributed by atoms with van der Waals surface area (Å²) in [6.07, 6.45) is 0.119. The van der Waals surface area contributed by atoms with Crippen molar-refractivity contribution >= 4 is 27.3 Å². The summed E-state index contributed by atoms with van der Waals surface area (Å²) in [6.45, 7) is 8.28. The van der Waals surface area contributed by atoms with Crippen LogP contribution in [-0.4, -0.2) is 12.7 Å². The SMILES string of the molecule is CCOc1cc(CNCc2cccs2)c(Br)cc1OC(C)C. The van der Waals surface area contributed by atoms with Gasteiger partial charge in [-0.1, -0.05) is 22.0 Å². The molecule has 0 bridgehead atoms. The molecule has 1 N–H and O–H groups in total. The highest BCUT2D eigenvalue weighted by atomic mass is 79.9. The number of hydrogen-bond donors (Lipinski definition) is 1. The van der Waals surface area contributed by atoms with Gasteiger partial charge in [0.05, 0.1) is 12.7 Å². The van der Waals surface area contributed by atoms with E-state index < -0.39 is 0 Å². The molecule has 0 spiro atoms. The fourth-order valence-corrected chi connectivity index (χ4v) is 3.20. The number of rotatable bonds is 8. The Morgan fingerprint density at radius 3 is 2.68 bits per heavy atom. The van der Waals surface area contributed by atoms with Gasteiger partial charge in [0.1, 0.15) is 0 Å². The van der Waals surface area contributed by atoms with Crippen LogP contribution in [0.1, 0.15) is 31.2 Å².